The van der Waals surface area contributed by atoms with Gasteiger partial charge < -0.3 is 34.9 Å². The Morgan fingerprint density at radius 1 is 0.977 bits per heavy atom. The van der Waals surface area contributed by atoms with Crippen molar-refractivity contribution in [3.8, 4) is 0 Å². The molecule has 9 atom stereocenters. The summed E-state index contributed by atoms with van der Waals surface area (Å²) in [6, 6.07) is 0. The fraction of sp³-hybridized carbons (Fsp3) is 0.500. The largest absolute Gasteiger partial charge is 0.386 e. The summed E-state index contributed by atoms with van der Waals surface area (Å²) in [5.41, 5.74) is 12.7. The first kappa shape index (κ1) is 30.5. The number of anilines is 2. The van der Waals surface area contributed by atoms with Crippen LogP contribution < -0.4 is 11.5 Å². The van der Waals surface area contributed by atoms with Crippen molar-refractivity contribution in [3.05, 3.63) is 24.3 Å². The van der Waals surface area contributed by atoms with E-state index in [0.29, 0.717) is 0 Å². The minimum absolute atomic E-state index is 0.0649. The van der Waals surface area contributed by atoms with E-state index in [4.69, 9.17) is 62.4 Å². The smallest absolute Gasteiger partial charge is 0.382 e. The Morgan fingerprint density at radius 2 is 1.70 bits per heavy atom. The van der Waals surface area contributed by atoms with E-state index >= 15 is 4.39 Å². The fourth-order valence-corrected chi connectivity index (χ4v) is 8.34. The quantitative estimate of drug-likeness (QED) is 0.132. The lowest BCUT2D eigenvalue weighted by Crippen LogP contribution is -2.35. The van der Waals surface area contributed by atoms with E-state index in [2.05, 4.69) is 42.2 Å². The van der Waals surface area contributed by atoms with Crippen LogP contribution in [-0.4, -0.2) is 87.7 Å². The Kier molecular flexibility index (Phi) is 7.83. The summed E-state index contributed by atoms with van der Waals surface area (Å²) in [7, 11) is 0. The van der Waals surface area contributed by atoms with Gasteiger partial charge in [-0.05, 0) is 23.4 Å². The van der Waals surface area contributed by atoms with Crippen molar-refractivity contribution in [2.24, 2.45) is 0 Å². The fourth-order valence-electron chi connectivity index (χ4n) is 5.21. The standard InChI is InChI=1S/C20H22ClFN10O8P2S2/c21-20-29-16(24)13-18(30-20)31(5-27-13)10-1-7-8(37-10)2-35-42(34,44)40-14-9(3-36-41(33,43)39-7)38-19(11(14)22)32-6-28-12-15(23)25-4-26-17(12)32/h4-11,14,19H,1-3H2,(H,33,43)(H,34,44)(H2,23,25,26)(H2,24,29,30)/t7?,8-,9-,10-,11?,14?,19-,41?,42?/m1/s1. The first-order valence-electron chi connectivity index (χ1n) is 12.7. The zero-order valence-corrected chi connectivity index (χ0v) is 26.2. The molecule has 3 aliphatic rings. The lowest BCUT2D eigenvalue weighted by molar-refractivity contribution is -0.0561. The van der Waals surface area contributed by atoms with Crippen LogP contribution in [0.1, 0.15) is 18.9 Å². The zero-order valence-electron chi connectivity index (χ0n) is 21.9. The summed E-state index contributed by atoms with van der Waals surface area (Å²) in [6.07, 6.45) is -4.84. The van der Waals surface area contributed by atoms with E-state index in [1.54, 1.807) is 0 Å². The number of ether oxygens (including phenoxy) is 2. The Balaban J connectivity index is 1.15. The van der Waals surface area contributed by atoms with E-state index in [9.17, 15) is 9.46 Å². The molecule has 0 saturated carbocycles. The zero-order chi connectivity index (χ0) is 31.0. The average Bonchev–Trinajstić information content (AvgIpc) is 3.72. The van der Waals surface area contributed by atoms with Crippen LogP contribution in [0.3, 0.4) is 0 Å². The van der Waals surface area contributed by atoms with Crippen LogP contribution in [0.15, 0.2) is 19.0 Å². The van der Waals surface area contributed by atoms with E-state index in [0.717, 1.165) is 0 Å². The van der Waals surface area contributed by atoms with Crippen molar-refractivity contribution in [1.82, 2.24) is 39.0 Å². The summed E-state index contributed by atoms with van der Waals surface area (Å²) in [6.45, 7) is -9.18. The summed E-state index contributed by atoms with van der Waals surface area (Å²) in [5, 5.41) is -0.104. The second-order valence-electron chi connectivity index (χ2n) is 9.90. The number of nitrogens with zero attached hydrogens (tertiary/aromatic N) is 8. The molecule has 7 rings (SSSR count). The Bertz CT molecular complexity index is 1860. The monoisotopic (exact) mass is 710 g/mol. The molecule has 0 aromatic carbocycles. The highest BCUT2D eigenvalue weighted by Gasteiger charge is 2.52. The Morgan fingerprint density at radius 3 is 2.50 bits per heavy atom. The number of imidazole rings is 2. The first-order chi connectivity index (χ1) is 20.9. The second-order valence-corrected chi connectivity index (χ2v) is 15.9. The van der Waals surface area contributed by atoms with Crippen LogP contribution in [0.25, 0.3) is 22.3 Å². The minimum atomic E-state index is -4.26. The van der Waals surface area contributed by atoms with Crippen molar-refractivity contribution < 1.29 is 41.4 Å². The molecule has 3 fully saturated rings. The molecule has 0 aliphatic carbocycles. The minimum Gasteiger partial charge on any atom is -0.382 e. The van der Waals surface area contributed by atoms with Gasteiger partial charge in [-0.25, -0.2) is 28.9 Å². The van der Waals surface area contributed by atoms with Crippen molar-refractivity contribution in [3.63, 3.8) is 0 Å². The lowest BCUT2D eigenvalue weighted by Gasteiger charge is -2.28. The van der Waals surface area contributed by atoms with E-state index in [1.807, 2.05) is 0 Å². The third-order valence-corrected chi connectivity index (χ3v) is 10.5. The first-order valence-corrected chi connectivity index (χ1v) is 18.4. The molecule has 0 bridgehead atoms. The van der Waals surface area contributed by atoms with Crippen LogP contribution >= 0.6 is 37.4 Å². The maximum Gasteiger partial charge on any atom is 0.386 e. The number of aromatic nitrogens is 8. The van der Waals surface area contributed by atoms with Gasteiger partial charge in [-0.15, -0.1) is 0 Å². The van der Waals surface area contributed by atoms with Gasteiger partial charge in [0, 0.05) is 6.42 Å². The van der Waals surface area contributed by atoms with Gasteiger partial charge in [-0.1, -0.05) is 12.2 Å². The molecule has 236 valence electrons. The molecule has 18 nitrogen and oxygen atoms in total. The molecule has 24 heteroatoms. The van der Waals surface area contributed by atoms with Crippen LogP contribution in [0, 0.1) is 0 Å². The molecule has 5 N–H and O–H groups in total. The van der Waals surface area contributed by atoms with Gasteiger partial charge in [-0.3, -0.25) is 18.2 Å². The van der Waals surface area contributed by atoms with Crippen molar-refractivity contribution in [2.45, 2.75) is 49.5 Å². The number of alkyl halides is 1. The number of hydrogen-bond donors (Lipinski definition) is 4. The maximum absolute atomic E-state index is 16.0. The molecule has 4 aromatic heterocycles. The average molecular weight is 711 g/mol. The van der Waals surface area contributed by atoms with Gasteiger partial charge in [0.05, 0.1) is 32.0 Å². The highest BCUT2D eigenvalue weighted by molar-refractivity contribution is 8.44. The van der Waals surface area contributed by atoms with E-state index in [1.165, 1.54) is 28.1 Å². The Hall–Kier alpha value is -2.13. The van der Waals surface area contributed by atoms with E-state index < -0.39 is 69.8 Å². The third kappa shape index (κ3) is 5.58. The van der Waals surface area contributed by atoms with Crippen LogP contribution in [-0.2, 0) is 43.9 Å². The molecule has 0 amide bonds. The number of halogens is 2. The van der Waals surface area contributed by atoms with Crippen molar-refractivity contribution in [1.29, 1.82) is 0 Å². The summed E-state index contributed by atoms with van der Waals surface area (Å²) in [4.78, 5) is 35.4. The van der Waals surface area contributed by atoms with Crippen LogP contribution in [0.5, 0.6) is 0 Å². The van der Waals surface area contributed by atoms with Gasteiger partial charge in [0.25, 0.3) is 0 Å². The van der Waals surface area contributed by atoms with Gasteiger partial charge in [-0.2, -0.15) is 9.97 Å². The molecule has 3 saturated heterocycles. The van der Waals surface area contributed by atoms with Gasteiger partial charge in [0.15, 0.2) is 35.3 Å². The second kappa shape index (κ2) is 11.3. The number of fused-ring (bicyclic) bond motifs is 4. The summed E-state index contributed by atoms with van der Waals surface area (Å²) in [5.74, 6) is 0.145. The summed E-state index contributed by atoms with van der Waals surface area (Å²) >= 11 is 15.3. The van der Waals surface area contributed by atoms with E-state index in [-0.39, 0.29) is 45.7 Å². The Labute approximate surface area is 261 Å². The van der Waals surface area contributed by atoms with Crippen molar-refractivity contribution in [2.75, 3.05) is 24.7 Å². The third-order valence-electron chi connectivity index (χ3n) is 7.17. The molecule has 4 aromatic rings. The van der Waals surface area contributed by atoms with Gasteiger partial charge in [0.1, 0.15) is 41.9 Å². The molecule has 0 radical (unpaired) electrons. The predicted octanol–water partition coefficient (Wildman–Crippen LogP) is 2.08. The molecular weight excluding hydrogens is 689 g/mol. The number of hydrogen-bond acceptors (Lipinski definition) is 16. The van der Waals surface area contributed by atoms with Gasteiger partial charge in [0.2, 0.25) is 5.28 Å². The highest BCUT2D eigenvalue weighted by atomic mass is 35.5. The van der Waals surface area contributed by atoms with Crippen molar-refractivity contribution >= 4 is 83.1 Å². The molecule has 5 unspecified atom stereocenters. The van der Waals surface area contributed by atoms with Gasteiger partial charge >= 0.3 is 13.5 Å². The molecule has 44 heavy (non-hydrogen) atoms. The number of nitrogen functional groups attached to an aromatic ring is 2. The maximum atomic E-state index is 16.0. The highest BCUT2D eigenvalue weighted by Crippen LogP contribution is 2.58. The molecule has 3 aliphatic heterocycles. The number of rotatable bonds is 2. The normalized spacial score (nSPS) is 36.6. The van der Waals surface area contributed by atoms with Crippen LogP contribution in [0.2, 0.25) is 5.28 Å². The summed E-state index contributed by atoms with van der Waals surface area (Å²) < 4.78 is 66.7. The topological polar surface area (TPSA) is 232 Å². The number of thiol groups is 1. The predicted molar refractivity (Wildman–Crippen MR) is 157 cm³/mol. The number of nitrogens with two attached hydrogens (primary N) is 2. The lowest BCUT2D eigenvalue weighted by atomic mass is 10.1. The SMILES string of the molecule is Nc1ncnc2c1ncn2[C@@H]1O[C@@H]2COP(O)(=S)OC3C[C@H](n4cnc5c(N)nc(Cl)nc54)O[C@@H]3COP(=O)(S)OC2C1F. The molecular formula is C20H22ClFN10O8P2S2. The molecule has 7 heterocycles. The molecule has 0 spiro atoms. The van der Waals surface area contributed by atoms with Crippen LogP contribution in [0.4, 0.5) is 16.0 Å².